The van der Waals surface area contributed by atoms with Crippen LogP contribution in [0.5, 0.6) is 5.88 Å². The summed E-state index contributed by atoms with van der Waals surface area (Å²) >= 11 is 0. The molecule has 0 amide bonds. The second-order valence-electron chi connectivity index (χ2n) is 5.27. The van der Waals surface area contributed by atoms with Crippen LogP contribution in [-0.2, 0) is 6.54 Å². The van der Waals surface area contributed by atoms with Gasteiger partial charge < -0.3 is 20.7 Å². The Balaban J connectivity index is 1.81. The molecule has 1 aliphatic carbocycles. The Bertz CT molecular complexity index is 457. The van der Waals surface area contributed by atoms with Crippen molar-refractivity contribution in [3.63, 3.8) is 0 Å². The molecule has 0 spiro atoms. The fourth-order valence-corrected chi connectivity index (χ4v) is 1.62. The topological polar surface area (TPSA) is 75.8 Å². The molecule has 1 aromatic heterocycles. The van der Waals surface area contributed by atoms with Crippen molar-refractivity contribution < 1.29 is 4.74 Å². The number of hydrogen-bond acceptors (Lipinski definition) is 4. The Labute approximate surface area is 120 Å². The zero-order valence-electron chi connectivity index (χ0n) is 12.2. The molecule has 0 aliphatic heterocycles. The van der Waals surface area contributed by atoms with Crippen molar-refractivity contribution in [1.82, 2.24) is 15.2 Å². The smallest absolute Gasteiger partial charge is 0.213 e. The molecule has 1 fully saturated rings. The van der Waals surface area contributed by atoms with Crippen LogP contribution in [0, 0.1) is 0 Å². The van der Waals surface area contributed by atoms with Crippen molar-refractivity contribution >= 4 is 5.96 Å². The number of nitrogens with one attached hydrogen (secondary N) is 1. The van der Waals surface area contributed by atoms with Crippen LogP contribution < -0.4 is 15.8 Å². The van der Waals surface area contributed by atoms with E-state index in [9.17, 15) is 0 Å². The molecule has 3 N–H and O–H groups in total. The lowest BCUT2D eigenvalue weighted by molar-refractivity contribution is 0.253. The van der Waals surface area contributed by atoms with E-state index in [0.29, 0.717) is 31.0 Å². The molecular formula is C14H23N5O. The first-order valence-corrected chi connectivity index (χ1v) is 6.92. The highest BCUT2D eigenvalue weighted by Gasteiger charge is 2.21. The fourth-order valence-electron chi connectivity index (χ4n) is 1.62. The van der Waals surface area contributed by atoms with Gasteiger partial charge in [0.15, 0.2) is 5.96 Å². The molecule has 1 saturated carbocycles. The van der Waals surface area contributed by atoms with E-state index in [-0.39, 0.29) is 0 Å². The van der Waals surface area contributed by atoms with Gasteiger partial charge in [-0.05, 0) is 38.6 Å². The number of nitrogens with two attached hydrogens (primary N) is 1. The van der Waals surface area contributed by atoms with E-state index in [0.717, 1.165) is 12.1 Å². The minimum absolute atomic E-state index is 0.513. The van der Waals surface area contributed by atoms with Gasteiger partial charge in [0.25, 0.3) is 0 Å². The summed E-state index contributed by atoms with van der Waals surface area (Å²) in [6.07, 6.45) is 4.12. The number of aromatic nitrogens is 1. The first-order chi connectivity index (χ1) is 9.63. The van der Waals surface area contributed by atoms with Crippen LogP contribution in [-0.4, -0.2) is 49.1 Å². The first kappa shape index (κ1) is 14.6. The summed E-state index contributed by atoms with van der Waals surface area (Å²) in [4.78, 5) is 10.6. The first-order valence-electron chi connectivity index (χ1n) is 6.92. The van der Waals surface area contributed by atoms with Gasteiger partial charge in [0, 0.05) is 24.8 Å². The van der Waals surface area contributed by atoms with Gasteiger partial charge in [0.1, 0.15) is 6.61 Å². The van der Waals surface area contributed by atoms with Crippen molar-refractivity contribution in [3.05, 3.63) is 23.9 Å². The number of nitrogens with zero attached hydrogens (tertiary/aromatic N) is 3. The number of likely N-dealkylation sites (N-methyl/N-ethyl adjacent to an activating group) is 1. The maximum atomic E-state index is 5.80. The summed E-state index contributed by atoms with van der Waals surface area (Å²) in [6, 6.07) is 4.36. The minimum atomic E-state index is 0.513. The van der Waals surface area contributed by atoms with Gasteiger partial charge in [-0.1, -0.05) is 0 Å². The van der Waals surface area contributed by atoms with Crippen molar-refractivity contribution in [3.8, 4) is 5.88 Å². The molecule has 20 heavy (non-hydrogen) atoms. The maximum absolute atomic E-state index is 5.80. The summed E-state index contributed by atoms with van der Waals surface area (Å²) in [6.45, 7) is 2.03. The highest BCUT2D eigenvalue weighted by Crippen LogP contribution is 2.18. The van der Waals surface area contributed by atoms with Crippen molar-refractivity contribution in [2.24, 2.45) is 10.7 Å². The van der Waals surface area contributed by atoms with E-state index >= 15 is 0 Å². The van der Waals surface area contributed by atoms with Crippen LogP contribution in [0.15, 0.2) is 23.3 Å². The van der Waals surface area contributed by atoms with Crippen LogP contribution >= 0.6 is 0 Å². The molecular weight excluding hydrogens is 254 g/mol. The fraction of sp³-hybridized carbons (Fsp3) is 0.571. The molecule has 1 heterocycles. The van der Waals surface area contributed by atoms with Gasteiger partial charge in [-0.25, -0.2) is 9.98 Å². The molecule has 0 atom stereocenters. The van der Waals surface area contributed by atoms with Crippen LogP contribution in [0.3, 0.4) is 0 Å². The molecule has 2 rings (SSSR count). The molecule has 0 radical (unpaired) electrons. The van der Waals surface area contributed by atoms with Crippen LogP contribution in [0.2, 0.25) is 0 Å². The maximum Gasteiger partial charge on any atom is 0.213 e. The average Bonchev–Trinajstić information content (AvgIpc) is 3.20. The van der Waals surface area contributed by atoms with E-state index in [1.54, 1.807) is 6.20 Å². The molecule has 0 bridgehead atoms. The quantitative estimate of drug-likeness (QED) is 0.563. The molecule has 1 aliphatic rings. The van der Waals surface area contributed by atoms with Crippen LogP contribution in [0.1, 0.15) is 18.4 Å². The lowest BCUT2D eigenvalue weighted by Crippen LogP contribution is -2.33. The molecule has 1 aromatic rings. The van der Waals surface area contributed by atoms with E-state index in [4.69, 9.17) is 10.5 Å². The third-order valence-electron chi connectivity index (χ3n) is 2.95. The molecule has 0 saturated heterocycles. The lowest BCUT2D eigenvalue weighted by atomic mass is 10.3. The van der Waals surface area contributed by atoms with Gasteiger partial charge in [0.2, 0.25) is 5.88 Å². The molecule has 6 nitrogen and oxygen atoms in total. The molecule has 110 valence electrons. The predicted molar refractivity (Wildman–Crippen MR) is 79.8 cm³/mol. The molecule has 0 unspecified atom stereocenters. The Hall–Kier alpha value is -1.82. The van der Waals surface area contributed by atoms with Crippen LogP contribution in [0.25, 0.3) is 0 Å². The SMILES string of the molecule is CN(C)CCOc1cc(CN=C(N)NC2CC2)ccn1. The van der Waals surface area contributed by atoms with Crippen molar-refractivity contribution in [2.75, 3.05) is 27.2 Å². The minimum Gasteiger partial charge on any atom is -0.476 e. The van der Waals surface area contributed by atoms with E-state index in [2.05, 4.69) is 20.2 Å². The Morgan fingerprint density at radius 2 is 2.35 bits per heavy atom. The molecule has 0 aromatic carbocycles. The van der Waals surface area contributed by atoms with Crippen molar-refractivity contribution in [2.45, 2.75) is 25.4 Å². The zero-order chi connectivity index (χ0) is 14.4. The van der Waals surface area contributed by atoms with Gasteiger partial charge >= 0.3 is 0 Å². The largest absolute Gasteiger partial charge is 0.476 e. The summed E-state index contributed by atoms with van der Waals surface area (Å²) in [7, 11) is 4.02. The second-order valence-corrected chi connectivity index (χ2v) is 5.27. The number of pyridine rings is 1. The highest BCUT2D eigenvalue weighted by atomic mass is 16.5. The van der Waals surface area contributed by atoms with Crippen LogP contribution in [0.4, 0.5) is 0 Å². The normalized spacial score (nSPS) is 15.4. The van der Waals surface area contributed by atoms with E-state index < -0.39 is 0 Å². The average molecular weight is 277 g/mol. The number of ether oxygens (including phenoxy) is 1. The number of hydrogen-bond donors (Lipinski definition) is 2. The number of aliphatic imine (C=N–C) groups is 1. The standard InChI is InChI=1S/C14H23N5O/c1-19(2)7-8-20-13-9-11(5-6-16-13)10-17-14(15)18-12-3-4-12/h5-6,9,12H,3-4,7-8,10H2,1-2H3,(H3,15,17,18). The summed E-state index contributed by atoms with van der Waals surface area (Å²) in [5, 5.41) is 3.16. The Kier molecular flexibility index (Phi) is 5.17. The summed E-state index contributed by atoms with van der Waals surface area (Å²) in [5.74, 6) is 1.15. The zero-order valence-corrected chi connectivity index (χ0v) is 12.2. The van der Waals surface area contributed by atoms with Gasteiger partial charge in [-0.2, -0.15) is 0 Å². The second kappa shape index (κ2) is 7.09. The van der Waals surface area contributed by atoms with E-state index in [1.165, 1.54) is 12.8 Å². The Morgan fingerprint density at radius 1 is 1.55 bits per heavy atom. The summed E-state index contributed by atoms with van der Waals surface area (Å²) < 4.78 is 5.59. The molecule has 6 heteroatoms. The summed E-state index contributed by atoms with van der Waals surface area (Å²) in [5.41, 5.74) is 6.84. The van der Waals surface area contributed by atoms with Crippen molar-refractivity contribution in [1.29, 1.82) is 0 Å². The predicted octanol–water partition coefficient (Wildman–Crippen LogP) is 0.589. The van der Waals surface area contributed by atoms with Gasteiger partial charge in [0.05, 0.1) is 6.54 Å². The lowest BCUT2D eigenvalue weighted by Gasteiger charge is -2.10. The number of rotatable bonds is 7. The van der Waals surface area contributed by atoms with E-state index in [1.807, 2.05) is 26.2 Å². The highest BCUT2D eigenvalue weighted by molar-refractivity contribution is 5.78. The van der Waals surface area contributed by atoms with Gasteiger partial charge in [-0.3, -0.25) is 0 Å². The van der Waals surface area contributed by atoms with Gasteiger partial charge in [-0.15, -0.1) is 0 Å². The third kappa shape index (κ3) is 5.44. The Morgan fingerprint density at radius 3 is 3.05 bits per heavy atom. The number of guanidine groups is 1. The monoisotopic (exact) mass is 277 g/mol. The third-order valence-corrected chi connectivity index (χ3v) is 2.95.